The quantitative estimate of drug-likeness (QED) is 0.170. The van der Waals surface area contributed by atoms with E-state index < -0.39 is 0 Å². The second-order valence-electron chi connectivity index (χ2n) is 14.3. The third kappa shape index (κ3) is 4.71. The molecule has 0 N–H and O–H groups in total. The van der Waals surface area contributed by atoms with Crippen molar-refractivity contribution in [1.29, 1.82) is 0 Å². The van der Waals surface area contributed by atoms with E-state index in [1.54, 1.807) is 0 Å². The molecule has 5 heteroatoms. The minimum Gasteiger partial charge on any atom is -0.456 e. The van der Waals surface area contributed by atoms with Crippen molar-refractivity contribution in [1.82, 2.24) is 15.0 Å². The zero-order chi connectivity index (χ0) is 36.7. The zero-order valence-electron chi connectivity index (χ0n) is 29.9. The predicted molar refractivity (Wildman–Crippen MR) is 229 cm³/mol. The van der Waals surface area contributed by atoms with Crippen LogP contribution in [0, 0.1) is 0 Å². The van der Waals surface area contributed by atoms with Crippen LogP contribution in [0.5, 0.6) is 0 Å². The number of benzene rings is 9. The van der Waals surface area contributed by atoms with Gasteiger partial charge < -0.3 is 8.83 Å². The van der Waals surface area contributed by atoms with E-state index in [2.05, 4.69) is 152 Å². The summed E-state index contributed by atoms with van der Waals surface area (Å²) in [6.45, 7) is 0. The molecule has 0 aliphatic rings. The highest BCUT2D eigenvalue weighted by Crippen LogP contribution is 2.42. The number of rotatable bonds is 4. The molecule has 56 heavy (non-hydrogen) atoms. The highest BCUT2D eigenvalue weighted by atomic mass is 16.3. The van der Waals surface area contributed by atoms with Crippen molar-refractivity contribution in [2.45, 2.75) is 0 Å². The van der Waals surface area contributed by atoms with Gasteiger partial charge in [-0.05, 0) is 74.3 Å². The summed E-state index contributed by atoms with van der Waals surface area (Å²) >= 11 is 0. The molecule has 12 rings (SSSR count). The zero-order valence-corrected chi connectivity index (χ0v) is 29.9. The van der Waals surface area contributed by atoms with E-state index in [0.29, 0.717) is 17.5 Å². The summed E-state index contributed by atoms with van der Waals surface area (Å²) in [5.74, 6) is 1.80. The fourth-order valence-electron chi connectivity index (χ4n) is 8.47. The lowest BCUT2D eigenvalue weighted by Gasteiger charge is -2.13. The molecule has 0 saturated heterocycles. The molecule has 0 aliphatic carbocycles. The Balaban J connectivity index is 1.12. The van der Waals surface area contributed by atoms with Gasteiger partial charge in [0, 0.05) is 43.8 Å². The molecule has 0 radical (unpaired) electrons. The van der Waals surface area contributed by atoms with Crippen molar-refractivity contribution in [3.05, 3.63) is 176 Å². The van der Waals surface area contributed by atoms with E-state index in [0.717, 1.165) is 98.6 Å². The minimum absolute atomic E-state index is 0.577. The smallest absolute Gasteiger partial charge is 0.164 e. The lowest BCUT2D eigenvalue weighted by molar-refractivity contribution is 0.668. The molecular weight excluding hydrogens is 687 g/mol. The van der Waals surface area contributed by atoms with Crippen LogP contribution in [0.4, 0.5) is 0 Å². The molecule has 0 saturated carbocycles. The van der Waals surface area contributed by atoms with Gasteiger partial charge in [0.05, 0.1) is 0 Å². The van der Waals surface area contributed by atoms with Crippen LogP contribution in [0.25, 0.3) is 121 Å². The van der Waals surface area contributed by atoms with Crippen LogP contribution in [0.15, 0.2) is 185 Å². The van der Waals surface area contributed by atoms with Crippen molar-refractivity contribution < 1.29 is 8.83 Å². The van der Waals surface area contributed by atoms with Gasteiger partial charge >= 0.3 is 0 Å². The Morgan fingerprint density at radius 3 is 1.82 bits per heavy atom. The van der Waals surface area contributed by atoms with E-state index in [1.165, 1.54) is 5.39 Å². The summed E-state index contributed by atoms with van der Waals surface area (Å²) in [6, 6.07) is 61.0. The minimum atomic E-state index is 0.577. The Hall–Kier alpha value is -7.63. The summed E-state index contributed by atoms with van der Waals surface area (Å²) in [7, 11) is 0. The molecule has 0 atom stereocenters. The second kappa shape index (κ2) is 11.9. The van der Waals surface area contributed by atoms with Gasteiger partial charge in [-0.3, -0.25) is 0 Å². The molecule has 0 aliphatic heterocycles. The standard InChI is InChI=1S/C51H29N3O2/c1-2-12-31-27-34(24-23-30(31)11-1)49-52-50(54-51(53-49)42-28-32-13-3-4-14-35(32)37-15-5-6-16-38(37)42)41-20-10-22-46-47(41)43-29-33(25-26-45(43)55-46)36-18-9-19-40-39-17-7-8-21-44(39)56-48(36)40/h1-29H. The van der Waals surface area contributed by atoms with E-state index in [4.69, 9.17) is 23.8 Å². The fraction of sp³-hybridized carbons (Fsp3) is 0. The van der Waals surface area contributed by atoms with E-state index in [-0.39, 0.29) is 0 Å². The third-order valence-electron chi connectivity index (χ3n) is 11.1. The number of nitrogens with zero attached hydrogens (tertiary/aromatic N) is 3. The van der Waals surface area contributed by atoms with Crippen LogP contribution >= 0.6 is 0 Å². The molecule has 3 aromatic heterocycles. The van der Waals surface area contributed by atoms with Gasteiger partial charge in [-0.2, -0.15) is 0 Å². The molecular formula is C51H29N3O2. The summed E-state index contributed by atoms with van der Waals surface area (Å²) in [4.78, 5) is 15.8. The van der Waals surface area contributed by atoms with E-state index >= 15 is 0 Å². The van der Waals surface area contributed by atoms with Crippen molar-refractivity contribution in [2.24, 2.45) is 0 Å². The largest absolute Gasteiger partial charge is 0.456 e. The first-order valence-corrected chi connectivity index (χ1v) is 18.8. The van der Waals surface area contributed by atoms with E-state index in [9.17, 15) is 0 Å². The Morgan fingerprint density at radius 2 is 0.929 bits per heavy atom. The maximum atomic E-state index is 6.53. The maximum absolute atomic E-state index is 6.53. The number of hydrogen-bond acceptors (Lipinski definition) is 5. The molecule has 9 aromatic carbocycles. The summed E-state index contributed by atoms with van der Waals surface area (Å²) in [5.41, 5.74) is 8.10. The molecule has 0 unspecified atom stereocenters. The fourth-order valence-corrected chi connectivity index (χ4v) is 8.47. The maximum Gasteiger partial charge on any atom is 0.164 e. The molecule has 0 fully saturated rings. The number of aromatic nitrogens is 3. The summed E-state index contributed by atoms with van der Waals surface area (Å²) in [6.07, 6.45) is 0. The Bertz CT molecular complexity index is 3560. The molecule has 260 valence electrons. The average Bonchev–Trinajstić information content (AvgIpc) is 3.84. The Morgan fingerprint density at radius 1 is 0.304 bits per heavy atom. The molecule has 12 aromatic rings. The van der Waals surface area contributed by atoms with Crippen molar-refractivity contribution in [3.8, 4) is 45.3 Å². The first-order chi connectivity index (χ1) is 27.7. The number of fused-ring (bicyclic) bond motifs is 10. The first-order valence-electron chi connectivity index (χ1n) is 18.8. The lowest BCUT2D eigenvalue weighted by Crippen LogP contribution is -2.01. The SMILES string of the molecule is c1ccc2cc(-c3nc(-c4cc5ccccc5c5ccccc45)nc(-c4cccc5oc6ccc(-c7cccc8c7oc7ccccc78)cc6c45)n3)ccc2c1. The Kier molecular flexibility index (Phi) is 6.56. The molecule has 0 amide bonds. The first kappa shape index (κ1) is 30.8. The van der Waals surface area contributed by atoms with Crippen LogP contribution in [-0.4, -0.2) is 15.0 Å². The Labute approximate surface area is 320 Å². The predicted octanol–water partition coefficient (Wildman–Crippen LogP) is 13.8. The van der Waals surface area contributed by atoms with Gasteiger partial charge in [0.2, 0.25) is 0 Å². The van der Waals surface area contributed by atoms with Crippen LogP contribution in [0.2, 0.25) is 0 Å². The topological polar surface area (TPSA) is 65.0 Å². The van der Waals surface area contributed by atoms with Gasteiger partial charge in [-0.25, -0.2) is 15.0 Å². The van der Waals surface area contributed by atoms with E-state index in [1.807, 2.05) is 24.3 Å². The molecule has 3 heterocycles. The van der Waals surface area contributed by atoms with Gasteiger partial charge in [0.15, 0.2) is 17.5 Å². The van der Waals surface area contributed by atoms with Crippen LogP contribution in [-0.2, 0) is 0 Å². The van der Waals surface area contributed by atoms with Gasteiger partial charge in [-0.1, -0.05) is 140 Å². The number of furan rings is 2. The van der Waals surface area contributed by atoms with Crippen LogP contribution in [0.3, 0.4) is 0 Å². The van der Waals surface area contributed by atoms with Crippen molar-refractivity contribution in [3.63, 3.8) is 0 Å². The second-order valence-corrected chi connectivity index (χ2v) is 14.3. The van der Waals surface area contributed by atoms with Crippen LogP contribution in [0.1, 0.15) is 0 Å². The number of para-hydroxylation sites is 2. The lowest BCUT2D eigenvalue weighted by atomic mass is 9.96. The third-order valence-corrected chi connectivity index (χ3v) is 11.1. The van der Waals surface area contributed by atoms with Crippen molar-refractivity contribution in [2.75, 3.05) is 0 Å². The highest BCUT2D eigenvalue weighted by molar-refractivity contribution is 6.16. The van der Waals surface area contributed by atoms with Gasteiger partial charge in [0.1, 0.15) is 22.3 Å². The van der Waals surface area contributed by atoms with Gasteiger partial charge in [0.25, 0.3) is 0 Å². The summed E-state index contributed by atoms with van der Waals surface area (Å²) < 4.78 is 13.0. The van der Waals surface area contributed by atoms with Gasteiger partial charge in [-0.15, -0.1) is 0 Å². The summed E-state index contributed by atoms with van der Waals surface area (Å²) in [5, 5.41) is 11.0. The van der Waals surface area contributed by atoms with Crippen LogP contribution < -0.4 is 0 Å². The average molecular weight is 716 g/mol. The molecule has 0 spiro atoms. The monoisotopic (exact) mass is 715 g/mol. The van der Waals surface area contributed by atoms with Crippen molar-refractivity contribution >= 4 is 76.2 Å². The molecule has 5 nitrogen and oxygen atoms in total. The molecule has 0 bridgehead atoms. The number of hydrogen-bond donors (Lipinski definition) is 0. The highest BCUT2D eigenvalue weighted by Gasteiger charge is 2.21. The normalized spacial score (nSPS) is 11.9.